The van der Waals surface area contributed by atoms with Crippen molar-refractivity contribution in [3.05, 3.63) is 109 Å². The first kappa shape index (κ1) is 21.0. The molecule has 2 atom stereocenters. The fourth-order valence-corrected chi connectivity index (χ4v) is 6.24. The van der Waals surface area contributed by atoms with Gasteiger partial charge in [-0.25, -0.2) is 4.90 Å². The van der Waals surface area contributed by atoms with Gasteiger partial charge in [0.1, 0.15) is 17.4 Å². The van der Waals surface area contributed by atoms with Crippen molar-refractivity contribution in [1.29, 1.82) is 0 Å². The molecular formula is C25H17N3O7. The zero-order chi connectivity index (χ0) is 24.6. The molecule has 3 aliphatic carbocycles. The summed E-state index contributed by atoms with van der Waals surface area (Å²) in [5, 5.41) is 24.8. The first-order valence-corrected chi connectivity index (χ1v) is 10.9. The Morgan fingerprint density at radius 1 is 0.886 bits per heavy atom. The summed E-state index contributed by atoms with van der Waals surface area (Å²) >= 11 is 0. The first-order chi connectivity index (χ1) is 16.8. The molecule has 4 aliphatic rings. The molecule has 10 nitrogen and oxygen atoms in total. The van der Waals surface area contributed by atoms with E-state index in [1.165, 1.54) is 19.2 Å². The number of carbonyl (C=O) groups excluding carboxylic acids is 2. The predicted molar refractivity (Wildman–Crippen MR) is 122 cm³/mol. The molecule has 0 saturated carbocycles. The smallest absolute Gasteiger partial charge is 0.297 e. The lowest BCUT2D eigenvalue weighted by Gasteiger charge is -2.48. The average Bonchev–Trinajstić information content (AvgIpc) is 3.14. The van der Waals surface area contributed by atoms with E-state index < -0.39 is 50.6 Å². The molecule has 2 amide bonds. The summed E-state index contributed by atoms with van der Waals surface area (Å²) in [6.45, 7) is 0. The second-order valence-electron chi connectivity index (χ2n) is 8.80. The fraction of sp³-hybridized carbons (Fsp3) is 0.200. The van der Waals surface area contributed by atoms with Crippen molar-refractivity contribution < 1.29 is 24.2 Å². The number of carbonyl (C=O) groups is 2. The standard InChI is InChI=1S/C25H17N3O7/c1-35-13-10-11-18(19(12-13)27(31)32)26-23(29)21-20-14-6-2-4-8-16(14)25(28(33)34,22(21)24(26)30)17-9-5-3-7-15(17)20/h2-12,20-22H,1H3/t20?,21-,22-,25?/m0/s1. The number of rotatable bonds is 4. The molecule has 0 unspecified atom stereocenters. The Hall–Kier alpha value is -4.60. The van der Waals surface area contributed by atoms with Crippen LogP contribution in [0.2, 0.25) is 0 Å². The van der Waals surface area contributed by atoms with Crippen molar-refractivity contribution in [3.8, 4) is 5.75 Å². The Kier molecular flexibility index (Phi) is 4.17. The van der Waals surface area contributed by atoms with Crippen LogP contribution in [0, 0.1) is 32.1 Å². The fourth-order valence-electron chi connectivity index (χ4n) is 6.24. The van der Waals surface area contributed by atoms with E-state index in [2.05, 4.69) is 0 Å². The second kappa shape index (κ2) is 6.95. The SMILES string of the molecule is COc1ccc(N2C(=O)[C@@H]3[C@@H](C2=O)C2c4ccccc4C3([N+](=O)[O-])c3ccccc32)c([N+](=O)[O-])c1. The Morgan fingerprint density at radius 3 is 2.03 bits per heavy atom. The third-order valence-corrected chi connectivity index (χ3v) is 7.48. The van der Waals surface area contributed by atoms with E-state index in [0.29, 0.717) is 22.3 Å². The van der Waals surface area contributed by atoms with Crippen LogP contribution in [0.5, 0.6) is 5.75 Å². The summed E-state index contributed by atoms with van der Waals surface area (Å²) in [6, 6.07) is 17.4. The third-order valence-electron chi connectivity index (χ3n) is 7.48. The monoisotopic (exact) mass is 471 g/mol. The molecule has 174 valence electrons. The quantitative estimate of drug-likeness (QED) is 0.324. The average molecular weight is 471 g/mol. The molecule has 35 heavy (non-hydrogen) atoms. The van der Waals surface area contributed by atoms with E-state index in [9.17, 15) is 29.8 Å². The van der Waals surface area contributed by atoms with E-state index in [1.54, 1.807) is 48.5 Å². The summed E-state index contributed by atoms with van der Waals surface area (Å²) in [5.41, 5.74) is -0.722. The van der Waals surface area contributed by atoms with Crippen LogP contribution in [0.3, 0.4) is 0 Å². The number of nitro groups is 2. The van der Waals surface area contributed by atoms with E-state index in [4.69, 9.17) is 4.74 Å². The lowest BCUT2D eigenvalue weighted by atomic mass is 9.51. The van der Waals surface area contributed by atoms with Gasteiger partial charge in [-0.05, 0) is 23.3 Å². The lowest BCUT2D eigenvalue weighted by molar-refractivity contribution is -0.578. The van der Waals surface area contributed by atoms with E-state index in [1.807, 2.05) is 0 Å². The number of nitrogens with zero attached hydrogens (tertiary/aromatic N) is 3. The van der Waals surface area contributed by atoms with Crippen LogP contribution in [0.4, 0.5) is 11.4 Å². The maximum atomic E-state index is 13.9. The largest absolute Gasteiger partial charge is 0.496 e. The third kappa shape index (κ3) is 2.38. The second-order valence-corrected chi connectivity index (χ2v) is 8.80. The van der Waals surface area contributed by atoms with Crippen LogP contribution >= 0.6 is 0 Å². The Labute approximate surface area is 198 Å². The van der Waals surface area contributed by atoms with Gasteiger partial charge in [0, 0.05) is 22.0 Å². The van der Waals surface area contributed by atoms with E-state index >= 15 is 0 Å². The maximum Gasteiger partial charge on any atom is 0.297 e. The highest BCUT2D eigenvalue weighted by atomic mass is 16.6. The zero-order valence-electron chi connectivity index (χ0n) is 18.3. The number of ether oxygens (including phenoxy) is 1. The number of amides is 2. The number of nitro benzene ring substituents is 1. The van der Waals surface area contributed by atoms with E-state index in [0.717, 1.165) is 11.0 Å². The van der Waals surface area contributed by atoms with Gasteiger partial charge in [-0.2, -0.15) is 0 Å². The van der Waals surface area contributed by atoms with Crippen LogP contribution in [0.1, 0.15) is 28.2 Å². The van der Waals surface area contributed by atoms with Crippen molar-refractivity contribution >= 4 is 23.2 Å². The van der Waals surface area contributed by atoms with Crippen LogP contribution in [-0.2, 0) is 15.1 Å². The van der Waals surface area contributed by atoms with E-state index in [-0.39, 0.29) is 11.4 Å². The normalized spacial score (nSPS) is 25.6. The highest BCUT2D eigenvalue weighted by Gasteiger charge is 2.75. The topological polar surface area (TPSA) is 133 Å². The summed E-state index contributed by atoms with van der Waals surface area (Å²) in [4.78, 5) is 52.2. The highest BCUT2D eigenvalue weighted by molar-refractivity contribution is 6.24. The van der Waals surface area contributed by atoms with Gasteiger partial charge >= 0.3 is 0 Å². The van der Waals surface area contributed by atoms with Gasteiger partial charge in [0.05, 0.1) is 24.0 Å². The highest BCUT2D eigenvalue weighted by Crippen LogP contribution is 2.64. The van der Waals surface area contributed by atoms with Gasteiger partial charge in [-0.3, -0.25) is 29.8 Å². The van der Waals surface area contributed by atoms with Gasteiger partial charge in [-0.1, -0.05) is 48.5 Å². The first-order valence-electron chi connectivity index (χ1n) is 10.9. The molecule has 3 aromatic rings. The molecule has 0 spiro atoms. The van der Waals surface area contributed by atoms with Crippen molar-refractivity contribution in [2.24, 2.45) is 11.8 Å². The summed E-state index contributed by atoms with van der Waals surface area (Å²) in [6.07, 6.45) is 0. The van der Waals surface area contributed by atoms with Crippen LogP contribution in [0.15, 0.2) is 66.7 Å². The molecule has 10 heteroatoms. The molecule has 3 aromatic carbocycles. The molecule has 1 fully saturated rings. The van der Waals surface area contributed by atoms with Crippen LogP contribution in [0.25, 0.3) is 0 Å². The number of anilines is 1. The summed E-state index contributed by atoms with van der Waals surface area (Å²) in [7, 11) is 1.34. The Morgan fingerprint density at radius 2 is 1.49 bits per heavy atom. The molecule has 7 rings (SSSR count). The van der Waals surface area contributed by atoms with Gasteiger partial charge in [0.15, 0.2) is 0 Å². The van der Waals surface area contributed by atoms with Gasteiger partial charge in [-0.15, -0.1) is 0 Å². The molecule has 0 aromatic heterocycles. The number of methoxy groups -OCH3 is 1. The number of hydrogen-bond donors (Lipinski definition) is 0. The van der Waals surface area contributed by atoms with Crippen molar-refractivity contribution in [3.63, 3.8) is 0 Å². The molecular weight excluding hydrogens is 454 g/mol. The van der Waals surface area contributed by atoms with Crippen molar-refractivity contribution in [1.82, 2.24) is 0 Å². The van der Waals surface area contributed by atoms with Crippen molar-refractivity contribution in [2.75, 3.05) is 12.0 Å². The van der Waals surface area contributed by atoms with Gasteiger partial charge in [0.2, 0.25) is 11.8 Å². The van der Waals surface area contributed by atoms with Crippen LogP contribution < -0.4 is 9.64 Å². The Balaban J connectivity index is 1.64. The zero-order valence-corrected chi connectivity index (χ0v) is 18.3. The summed E-state index contributed by atoms with van der Waals surface area (Å²) in [5.74, 6) is -4.33. The molecule has 1 saturated heterocycles. The van der Waals surface area contributed by atoms with Gasteiger partial charge < -0.3 is 4.74 Å². The molecule has 2 bridgehead atoms. The minimum Gasteiger partial charge on any atom is -0.496 e. The molecule has 1 heterocycles. The lowest BCUT2D eigenvalue weighted by Crippen LogP contribution is -2.57. The number of hydrogen-bond acceptors (Lipinski definition) is 7. The van der Waals surface area contributed by atoms with Crippen LogP contribution in [-0.4, -0.2) is 28.8 Å². The predicted octanol–water partition coefficient (Wildman–Crippen LogP) is 3.39. The molecule has 0 radical (unpaired) electrons. The summed E-state index contributed by atoms with van der Waals surface area (Å²) < 4.78 is 5.06. The number of benzene rings is 3. The Bertz CT molecular complexity index is 1440. The molecule has 0 N–H and O–H groups in total. The maximum absolute atomic E-state index is 13.9. The minimum atomic E-state index is -1.99. The number of imide groups is 1. The minimum absolute atomic E-state index is 0.179. The van der Waals surface area contributed by atoms with Gasteiger partial charge in [0.25, 0.3) is 11.2 Å². The van der Waals surface area contributed by atoms with Crippen molar-refractivity contribution in [2.45, 2.75) is 11.5 Å². The molecule has 1 aliphatic heterocycles.